The number of aliphatic hydroxyl groups is 2. The molecule has 26 heteroatoms. The van der Waals surface area contributed by atoms with Crippen molar-refractivity contribution in [1.29, 1.82) is 0 Å². The molecule has 1 saturated heterocycles. The number of carbonyl (C=O) groups excluding carboxylic acids is 2. The molecule has 2 aromatic heterocycles. The lowest BCUT2D eigenvalue weighted by molar-refractivity contribution is -0.135. The SMILES string of the molecule is [N-]=[N+]=NCCOCCOCCOCCNC(=O)CCCC(=O)OP(=O)(O)OP(=O)(O)OC[C@H]1O[C@@H](n2cnc3c(N)ncnc32)[C@@H](O)C1O. The number of anilines is 1. The van der Waals surface area contributed by atoms with Crippen LogP contribution in [0, 0.1) is 0 Å². The minimum atomic E-state index is -5.48. The summed E-state index contributed by atoms with van der Waals surface area (Å²) in [5, 5.41) is 26.7. The molecule has 3 heterocycles. The van der Waals surface area contributed by atoms with Gasteiger partial charge in [0.15, 0.2) is 17.7 Å². The third-order valence-corrected chi connectivity index (χ3v) is 8.88. The van der Waals surface area contributed by atoms with Crippen LogP contribution in [0.15, 0.2) is 17.8 Å². The van der Waals surface area contributed by atoms with Crippen molar-refractivity contribution in [1.82, 2.24) is 24.8 Å². The lowest BCUT2D eigenvalue weighted by Gasteiger charge is -2.19. The number of azide groups is 1. The number of phosphoric ester groups is 2. The number of nitrogens with zero attached hydrogens (tertiary/aromatic N) is 7. The predicted octanol–water partition coefficient (Wildman–Crippen LogP) is -0.548. The molecule has 0 aromatic carbocycles. The molecule has 3 unspecified atom stereocenters. The van der Waals surface area contributed by atoms with E-state index in [9.17, 15) is 38.7 Å². The number of nitrogen functional groups attached to an aromatic ring is 1. The van der Waals surface area contributed by atoms with Crippen molar-refractivity contribution in [2.24, 2.45) is 5.11 Å². The lowest BCUT2D eigenvalue weighted by Crippen LogP contribution is -2.33. The monoisotopic (exact) mass is 741 g/mol. The smallest absolute Gasteiger partial charge is 0.387 e. The normalized spacial score (nSPS) is 21.5. The summed E-state index contributed by atoms with van der Waals surface area (Å²) >= 11 is 0. The summed E-state index contributed by atoms with van der Waals surface area (Å²) in [6, 6.07) is 0. The average Bonchev–Trinajstić information content (AvgIpc) is 3.58. The topological polar surface area (TPSA) is 344 Å². The molecule has 24 nitrogen and oxygen atoms in total. The van der Waals surface area contributed by atoms with Crippen molar-refractivity contribution in [2.75, 3.05) is 65.1 Å². The Bertz CT molecular complexity index is 1530. The molecule has 6 atom stereocenters. The van der Waals surface area contributed by atoms with Crippen LogP contribution < -0.4 is 11.1 Å². The molecular weight excluding hydrogens is 704 g/mol. The van der Waals surface area contributed by atoms with Crippen molar-refractivity contribution < 1.29 is 71.0 Å². The van der Waals surface area contributed by atoms with E-state index in [0.717, 1.165) is 6.33 Å². The van der Waals surface area contributed by atoms with Gasteiger partial charge in [0.1, 0.15) is 30.2 Å². The molecule has 0 bridgehead atoms. The molecule has 1 fully saturated rings. The van der Waals surface area contributed by atoms with E-state index < -0.39 is 65.1 Å². The van der Waals surface area contributed by atoms with Gasteiger partial charge >= 0.3 is 21.6 Å². The Kier molecular flexibility index (Phi) is 16.2. The van der Waals surface area contributed by atoms with Gasteiger partial charge in [-0.1, -0.05) is 5.11 Å². The average molecular weight is 742 g/mol. The first-order valence-electron chi connectivity index (χ1n) is 14.5. The molecule has 1 aliphatic rings. The van der Waals surface area contributed by atoms with E-state index >= 15 is 0 Å². The number of carbonyl (C=O) groups is 2. The number of rotatable bonds is 23. The summed E-state index contributed by atoms with van der Waals surface area (Å²) in [6.07, 6.45) is -4.37. The van der Waals surface area contributed by atoms with Crippen LogP contribution in [-0.4, -0.2) is 129 Å². The maximum absolute atomic E-state index is 12.3. The van der Waals surface area contributed by atoms with Gasteiger partial charge in [-0.25, -0.2) is 24.1 Å². The van der Waals surface area contributed by atoms with Crippen molar-refractivity contribution in [3.8, 4) is 0 Å². The second-order valence-electron chi connectivity index (χ2n) is 9.90. The van der Waals surface area contributed by atoms with Gasteiger partial charge in [-0.2, -0.15) is 4.31 Å². The maximum atomic E-state index is 12.3. The quantitative estimate of drug-likeness (QED) is 0.0273. The fourth-order valence-electron chi connectivity index (χ4n) is 4.10. The molecule has 0 radical (unpaired) electrons. The standard InChI is InChI=1S/C23H37N9O15P2/c24-21-18-22(28-13-27-21)32(14-29-18)23-20(36)19(35)15(45-23)12-44-48(37,38)47-49(39,40)46-17(34)3-1-2-16(33)26-4-6-41-8-10-43-11-9-42-7-5-30-31-25/h13-15,19-20,23,35-36H,1-12H2,(H,26,33)(H,37,38)(H,39,40)(H2,24,27,28)/t15-,19?,20+,23-/m1/s1. The second-order valence-corrected chi connectivity index (χ2v) is 12.9. The molecule has 1 amide bonds. The zero-order valence-electron chi connectivity index (χ0n) is 25.8. The third-order valence-electron chi connectivity index (χ3n) is 6.32. The fraction of sp³-hybridized carbons (Fsp3) is 0.696. The Morgan fingerprint density at radius 2 is 1.71 bits per heavy atom. The van der Waals surface area contributed by atoms with Crippen LogP contribution in [0.3, 0.4) is 0 Å². The molecule has 274 valence electrons. The van der Waals surface area contributed by atoms with Crippen molar-refractivity contribution in [3.05, 3.63) is 23.1 Å². The molecule has 3 rings (SSSR count). The summed E-state index contributed by atoms with van der Waals surface area (Å²) in [6.45, 7) is 1.21. The van der Waals surface area contributed by atoms with E-state index in [1.807, 2.05) is 0 Å². The molecule has 0 spiro atoms. The van der Waals surface area contributed by atoms with Gasteiger partial charge in [-0.15, -0.1) is 0 Å². The minimum absolute atomic E-state index is 0.0481. The maximum Gasteiger partial charge on any atom is 0.538 e. The van der Waals surface area contributed by atoms with Gasteiger partial charge < -0.3 is 49.6 Å². The number of nitrogens with two attached hydrogens (primary N) is 1. The molecular formula is C23H37N9O15P2. The molecule has 2 aromatic rings. The van der Waals surface area contributed by atoms with E-state index in [0.29, 0.717) is 26.4 Å². The Balaban J connectivity index is 1.28. The predicted molar refractivity (Wildman–Crippen MR) is 162 cm³/mol. The van der Waals surface area contributed by atoms with E-state index in [4.69, 9.17) is 30.2 Å². The highest BCUT2D eigenvalue weighted by atomic mass is 31.3. The summed E-state index contributed by atoms with van der Waals surface area (Å²) in [5.41, 5.74) is 14.2. The Hall–Kier alpha value is -3.34. The van der Waals surface area contributed by atoms with Crippen molar-refractivity contribution in [2.45, 2.75) is 43.8 Å². The van der Waals surface area contributed by atoms with Gasteiger partial charge in [-0.3, -0.25) is 23.6 Å². The number of aliphatic hydroxyl groups excluding tert-OH is 2. The van der Waals surface area contributed by atoms with Crippen LogP contribution in [0.2, 0.25) is 0 Å². The number of nitrogens with one attached hydrogen (secondary N) is 1. The van der Waals surface area contributed by atoms with E-state index in [2.05, 4.69) is 43.7 Å². The fourth-order valence-corrected chi connectivity index (χ4v) is 6.15. The van der Waals surface area contributed by atoms with Crippen molar-refractivity contribution in [3.63, 3.8) is 0 Å². The van der Waals surface area contributed by atoms with Gasteiger partial charge in [0.05, 0.1) is 52.6 Å². The largest absolute Gasteiger partial charge is 0.538 e. The van der Waals surface area contributed by atoms with Crippen LogP contribution in [-0.2, 0) is 51.0 Å². The molecule has 0 aliphatic carbocycles. The number of hydrogen-bond acceptors (Lipinski definition) is 18. The Morgan fingerprint density at radius 1 is 1.02 bits per heavy atom. The molecule has 0 saturated carbocycles. The number of ether oxygens (including phenoxy) is 4. The lowest BCUT2D eigenvalue weighted by atomic mass is 10.1. The first-order chi connectivity index (χ1) is 23.3. The minimum Gasteiger partial charge on any atom is -0.387 e. The highest BCUT2D eigenvalue weighted by Gasteiger charge is 2.46. The van der Waals surface area contributed by atoms with Crippen LogP contribution in [0.1, 0.15) is 25.5 Å². The highest BCUT2D eigenvalue weighted by Crippen LogP contribution is 2.60. The zero-order chi connectivity index (χ0) is 35.9. The van der Waals surface area contributed by atoms with Gasteiger partial charge in [0.2, 0.25) is 5.91 Å². The number of fused-ring (bicyclic) bond motifs is 1. The third kappa shape index (κ3) is 13.5. The summed E-state index contributed by atoms with van der Waals surface area (Å²) in [4.78, 5) is 58.0. The van der Waals surface area contributed by atoms with Crippen molar-refractivity contribution >= 4 is 44.5 Å². The van der Waals surface area contributed by atoms with Crippen LogP contribution in [0.4, 0.5) is 5.82 Å². The first-order valence-corrected chi connectivity index (χ1v) is 17.5. The molecule has 7 N–H and O–H groups in total. The van der Waals surface area contributed by atoms with Crippen LogP contribution >= 0.6 is 15.6 Å². The summed E-state index contributed by atoms with van der Waals surface area (Å²) < 4.78 is 60.0. The van der Waals surface area contributed by atoms with E-state index in [-0.39, 0.29) is 56.1 Å². The van der Waals surface area contributed by atoms with Gasteiger partial charge in [0, 0.05) is 30.8 Å². The van der Waals surface area contributed by atoms with Gasteiger partial charge in [0.25, 0.3) is 0 Å². The van der Waals surface area contributed by atoms with Gasteiger partial charge in [-0.05, 0) is 12.0 Å². The Morgan fingerprint density at radius 3 is 2.43 bits per heavy atom. The van der Waals surface area contributed by atoms with E-state index in [1.54, 1.807) is 0 Å². The Labute approximate surface area is 277 Å². The number of imidazole rings is 1. The number of amides is 1. The first kappa shape index (κ1) is 40.1. The van der Waals surface area contributed by atoms with Crippen LogP contribution in [0.5, 0.6) is 0 Å². The van der Waals surface area contributed by atoms with E-state index in [1.165, 1.54) is 10.9 Å². The van der Waals surface area contributed by atoms with Crippen LogP contribution in [0.25, 0.3) is 21.6 Å². The molecule has 1 aliphatic heterocycles. The summed E-state index contributed by atoms with van der Waals surface area (Å²) in [7, 11) is -10.9. The second kappa shape index (κ2) is 19.7. The number of phosphoric acid groups is 2. The zero-order valence-corrected chi connectivity index (χ0v) is 27.6. The molecule has 49 heavy (non-hydrogen) atoms. The highest BCUT2D eigenvalue weighted by molar-refractivity contribution is 7.61. The summed E-state index contributed by atoms with van der Waals surface area (Å²) in [5.74, 6) is -1.70. The number of hydrogen-bond donors (Lipinski definition) is 6. The number of aromatic nitrogens is 4.